The molecule has 1 amide bonds. The van der Waals surface area contributed by atoms with Gasteiger partial charge >= 0.3 is 0 Å². The second-order valence-electron chi connectivity index (χ2n) is 5.09. The third kappa shape index (κ3) is 2.32. The van der Waals surface area contributed by atoms with Crippen molar-refractivity contribution in [2.75, 3.05) is 6.54 Å². The minimum Gasteiger partial charge on any atom is -0.358 e. The van der Waals surface area contributed by atoms with Crippen molar-refractivity contribution in [3.63, 3.8) is 0 Å². The van der Waals surface area contributed by atoms with E-state index < -0.39 is 0 Å². The molecule has 2 nitrogen and oxygen atoms in total. The maximum absolute atomic E-state index is 10.7. The molecule has 0 radical (unpaired) electrons. The van der Waals surface area contributed by atoms with Crippen molar-refractivity contribution < 1.29 is 4.79 Å². The molecule has 1 aliphatic carbocycles. The van der Waals surface area contributed by atoms with Crippen LogP contribution in [0.1, 0.15) is 28.2 Å². The van der Waals surface area contributed by atoms with Crippen molar-refractivity contribution in [2.45, 2.75) is 18.8 Å². The number of carbonyl (C=O) groups excluding carboxylic acids is 1. The van der Waals surface area contributed by atoms with Crippen LogP contribution in [-0.4, -0.2) is 13.0 Å². The smallest absolute Gasteiger partial charge is 0.207 e. The van der Waals surface area contributed by atoms with Crippen LogP contribution in [0.25, 0.3) is 0 Å². The topological polar surface area (TPSA) is 29.1 Å². The SMILES string of the molecule is O=CNC[C@H]1c2ccccc2CCc2c(Cl)cccc21. The van der Waals surface area contributed by atoms with Crippen LogP contribution in [0.4, 0.5) is 0 Å². The Kier molecular flexibility index (Phi) is 3.75. The molecule has 0 saturated carbocycles. The highest BCUT2D eigenvalue weighted by molar-refractivity contribution is 6.31. The summed E-state index contributed by atoms with van der Waals surface area (Å²) in [4.78, 5) is 10.7. The van der Waals surface area contributed by atoms with Crippen LogP contribution in [-0.2, 0) is 17.6 Å². The number of hydrogen-bond donors (Lipinski definition) is 1. The summed E-state index contributed by atoms with van der Waals surface area (Å²) < 4.78 is 0. The number of benzene rings is 2. The molecule has 0 unspecified atom stereocenters. The van der Waals surface area contributed by atoms with Gasteiger partial charge in [-0.1, -0.05) is 48.0 Å². The van der Waals surface area contributed by atoms with E-state index >= 15 is 0 Å². The lowest BCUT2D eigenvalue weighted by Crippen LogP contribution is -2.21. The summed E-state index contributed by atoms with van der Waals surface area (Å²) in [5, 5.41) is 3.65. The number of carbonyl (C=O) groups is 1. The molecule has 0 fully saturated rings. The van der Waals surface area contributed by atoms with Crippen molar-refractivity contribution in [2.24, 2.45) is 0 Å². The monoisotopic (exact) mass is 285 g/mol. The number of hydrogen-bond acceptors (Lipinski definition) is 1. The number of rotatable bonds is 3. The van der Waals surface area contributed by atoms with Crippen LogP contribution in [0, 0.1) is 0 Å². The zero-order valence-corrected chi connectivity index (χ0v) is 11.9. The van der Waals surface area contributed by atoms with Crippen LogP contribution in [0.2, 0.25) is 5.02 Å². The highest BCUT2D eigenvalue weighted by atomic mass is 35.5. The Morgan fingerprint density at radius 3 is 2.75 bits per heavy atom. The number of halogens is 1. The Bertz CT molecular complexity index is 639. The van der Waals surface area contributed by atoms with Crippen molar-refractivity contribution in [3.05, 3.63) is 69.7 Å². The van der Waals surface area contributed by atoms with Gasteiger partial charge in [0, 0.05) is 17.5 Å². The highest BCUT2D eigenvalue weighted by Crippen LogP contribution is 2.36. The molecule has 1 N–H and O–H groups in total. The largest absolute Gasteiger partial charge is 0.358 e. The quantitative estimate of drug-likeness (QED) is 0.861. The van der Waals surface area contributed by atoms with Crippen LogP contribution < -0.4 is 5.32 Å². The van der Waals surface area contributed by atoms with E-state index in [-0.39, 0.29) is 5.92 Å². The predicted molar refractivity (Wildman–Crippen MR) is 81.2 cm³/mol. The molecule has 0 saturated heterocycles. The number of nitrogens with one attached hydrogen (secondary N) is 1. The maximum Gasteiger partial charge on any atom is 0.207 e. The first-order valence-corrected chi connectivity index (χ1v) is 7.21. The van der Waals surface area contributed by atoms with Gasteiger partial charge in [-0.25, -0.2) is 0 Å². The lowest BCUT2D eigenvalue weighted by molar-refractivity contribution is -0.109. The van der Waals surface area contributed by atoms with Gasteiger partial charge in [0.1, 0.15) is 0 Å². The molecule has 0 heterocycles. The molecule has 102 valence electrons. The first kappa shape index (κ1) is 13.2. The van der Waals surface area contributed by atoms with E-state index in [1.807, 2.05) is 12.1 Å². The molecular formula is C17H16ClNO. The third-order valence-corrected chi connectivity index (χ3v) is 4.36. The van der Waals surface area contributed by atoms with Gasteiger partial charge in [0.05, 0.1) is 0 Å². The van der Waals surface area contributed by atoms with Gasteiger partial charge in [-0.3, -0.25) is 4.79 Å². The maximum atomic E-state index is 10.7. The molecule has 1 atom stereocenters. The molecule has 2 aromatic rings. The number of fused-ring (bicyclic) bond motifs is 2. The Morgan fingerprint density at radius 2 is 1.90 bits per heavy atom. The van der Waals surface area contributed by atoms with Crippen molar-refractivity contribution in [1.29, 1.82) is 0 Å². The number of aryl methyl sites for hydroxylation is 1. The summed E-state index contributed by atoms with van der Waals surface area (Å²) in [6.07, 6.45) is 2.70. The minimum atomic E-state index is 0.174. The molecule has 0 spiro atoms. The second-order valence-corrected chi connectivity index (χ2v) is 5.49. The lowest BCUT2D eigenvalue weighted by Gasteiger charge is -2.20. The molecule has 3 rings (SSSR count). The number of amides is 1. The third-order valence-electron chi connectivity index (χ3n) is 4.01. The van der Waals surface area contributed by atoms with Crippen LogP contribution in [0.15, 0.2) is 42.5 Å². The van der Waals surface area contributed by atoms with Gasteiger partial charge in [0.25, 0.3) is 0 Å². The van der Waals surface area contributed by atoms with Crippen molar-refractivity contribution in [1.82, 2.24) is 5.32 Å². The average Bonchev–Trinajstić information content (AvgIpc) is 2.63. The van der Waals surface area contributed by atoms with E-state index in [1.165, 1.54) is 22.3 Å². The van der Waals surface area contributed by atoms with E-state index in [0.29, 0.717) is 6.54 Å². The van der Waals surface area contributed by atoms with Gasteiger partial charge in [-0.2, -0.15) is 0 Å². The fourth-order valence-corrected chi connectivity index (χ4v) is 3.36. The van der Waals surface area contributed by atoms with E-state index in [4.69, 9.17) is 11.6 Å². The van der Waals surface area contributed by atoms with Gasteiger partial charge in [0.2, 0.25) is 6.41 Å². The molecule has 1 aliphatic rings. The fourth-order valence-electron chi connectivity index (χ4n) is 3.08. The predicted octanol–water partition coefficient (Wildman–Crippen LogP) is 3.32. The molecule has 0 aliphatic heterocycles. The van der Waals surface area contributed by atoms with Crippen molar-refractivity contribution >= 4 is 18.0 Å². The van der Waals surface area contributed by atoms with Crippen molar-refractivity contribution in [3.8, 4) is 0 Å². The molecule has 3 heteroatoms. The molecular weight excluding hydrogens is 270 g/mol. The van der Waals surface area contributed by atoms with Gasteiger partial charge in [0.15, 0.2) is 0 Å². The highest BCUT2D eigenvalue weighted by Gasteiger charge is 2.24. The van der Waals surface area contributed by atoms with Gasteiger partial charge < -0.3 is 5.32 Å². The first-order valence-electron chi connectivity index (χ1n) is 6.83. The summed E-state index contributed by atoms with van der Waals surface area (Å²) in [7, 11) is 0. The van der Waals surface area contributed by atoms with Crippen LogP contribution >= 0.6 is 11.6 Å². The molecule has 0 aromatic heterocycles. The summed E-state index contributed by atoms with van der Waals surface area (Å²) >= 11 is 6.37. The molecule has 2 aromatic carbocycles. The zero-order chi connectivity index (χ0) is 13.9. The Balaban J connectivity index is 2.14. The fraction of sp³-hybridized carbons (Fsp3) is 0.235. The van der Waals surface area contributed by atoms with E-state index in [0.717, 1.165) is 24.3 Å². The van der Waals surface area contributed by atoms with Gasteiger partial charge in [-0.05, 0) is 41.2 Å². The second kappa shape index (κ2) is 5.68. The summed E-state index contributed by atoms with van der Waals surface area (Å²) in [6.45, 7) is 0.605. The summed E-state index contributed by atoms with van der Waals surface area (Å²) in [5.74, 6) is 0.174. The van der Waals surface area contributed by atoms with Gasteiger partial charge in [-0.15, -0.1) is 0 Å². The van der Waals surface area contributed by atoms with E-state index in [9.17, 15) is 4.79 Å². The average molecular weight is 286 g/mol. The lowest BCUT2D eigenvalue weighted by atomic mass is 9.88. The Morgan fingerprint density at radius 1 is 1.10 bits per heavy atom. The van der Waals surface area contributed by atoms with E-state index in [2.05, 4.69) is 35.6 Å². The summed E-state index contributed by atoms with van der Waals surface area (Å²) in [5.41, 5.74) is 5.08. The zero-order valence-electron chi connectivity index (χ0n) is 11.1. The van der Waals surface area contributed by atoms with Crippen LogP contribution in [0.3, 0.4) is 0 Å². The molecule has 20 heavy (non-hydrogen) atoms. The molecule has 0 bridgehead atoms. The standard InChI is InChI=1S/C17H16ClNO/c18-17-7-3-6-14-15(17)9-8-12-4-1-2-5-13(12)16(14)10-19-11-20/h1-7,11,16H,8-10H2,(H,19,20)/t16-/m0/s1. The Labute approximate surface area is 123 Å². The van der Waals surface area contributed by atoms with Crippen LogP contribution in [0.5, 0.6) is 0 Å². The summed E-state index contributed by atoms with van der Waals surface area (Å²) in [6, 6.07) is 14.5. The first-order chi connectivity index (χ1) is 9.81. The minimum absolute atomic E-state index is 0.174. The normalized spacial score (nSPS) is 16.8. The Hall–Kier alpha value is -1.80. The van der Waals surface area contributed by atoms with E-state index in [1.54, 1.807) is 0 Å².